The zero-order valence-corrected chi connectivity index (χ0v) is 12.5. The van der Waals surface area contributed by atoms with Gasteiger partial charge < -0.3 is 10.6 Å². The summed E-state index contributed by atoms with van der Waals surface area (Å²) < 4.78 is 15.0. The van der Waals surface area contributed by atoms with Crippen molar-refractivity contribution in [3.05, 3.63) is 41.5 Å². The predicted molar refractivity (Wildman–Crippen MR) is 83.6 cm³/mol. The molecule has 4 nitrogen and oxygen atoms in total. The average molecular weight is 292 g/mol. The summed E-state index contributed by atoms with van der Waals surface area (Å²) in [5, 5.41) is 10.9. The SMILES string of the molecule is CCn1nc(C)c(NC(=S)Nc2cccc(F)c2)c1C. The van der Waals surface area contributed by atoms with Crippen LogP contribution in [-0.4, -0.2) is 14.9 Å². The van der Waals surface area contributed by atoms with Crippen LogP contribution in [0.2, 0.25) is 0 Å². The van der Waals surface area contributed by atoms with Crippen molar-refractivity contribution in [2.75, 3.05) is 10.6 Å². The topological polar surface area (TPSA) is 41.9 Å². The molecule has 0 saturated carbocycles. The van der Waals surface area contributed by atoms with Crippen LogP contribution in [0.3, 0.4) is 0 Å². The fourth-order valence-electron chi connectivity index (χ4n) is 2.03. The molecule has 0 aliphatic rings. The van der Waals surface area contributed by atoms with Crippen LogP contribution in [0.15, 0.2) is 24.3 Å². The Morgan fingerprint density at radius 2 is 2.10 bits per heavy atom. The number of aryl methyl sites for hydroxylation is 2. The van der Waals surface area contributed by atoms with E-state index in [1.807, 2.05) is 25.5 Å². The molecule has 0 spiro atoms. The van der Waals surface area contributed by atoms with Crippen LogP contribution in [0, 0.1) is 19.7 Å². The smallest absolute Gasteiger partial charge is 0.175 e. The lowest BCUT2D eigenvalue weighted by atomic mass is 10.3. The van der Waals surface area contributed by atoms with Crippen molar-refractivity contribution in [3.8, 4) is 0 Å². The molecular weight excluding hydrogens is 275 g/mol. The number of nitrogens with zero attached hydrogens (tertiary/aromatic N) is 2. The minimum Gasteiger partial charge on any atom is -0.332 e. The molecule has 2 aromatic rings. The molecular formula is C14H17FN4S. The van der Waals surface area contributed by atoms with E-state index in [-0.39, 0.29) is 5.82 Å². The maximum absolute atomic E-state index is 13.1. The highest BCUT2D eigenvalue weighted by Crippen LogP contribution is 2.19. The molecule has 0 amide bonds. The molecule has 0 bridgehead atoms. The molecule has 0 fully saturated rings. The standard InChI is InChI=1S/C14H17FN4S/c1-4-19-10(3)13(9(2)18-19)17-14(20)16-12-7-5-6-11(15)8-12/h5-8H,4H2,1-3H3,(H2,16,17,20). The summed E-state index contributed by atoms with van der Waals surface area (Å²) in [5.41, 5.74) is 3.41. The number of anilines is 2. The Bertz CT molecular complexity index is 636. The molecule has 0 aliphatic heterocycles. The van der Waals surface area contributed by atoms with E-state index in [4.69, 9.17) is 12.2 Å². The highest BCUT2D eigenvalue weighted by molar-refractivity contribution is 7.80. The van der Waals surface area contributed by atoms with Gasteiger partial charge in [0.25, 0.3) is 0 Å². The number of aromatic nitrogens is 2. The van der Waals surface area contributed by atoms with Gasteiger partial charge in [-0.1, -0.05) is 6.07 Å². The Balaban J connectivity index is 2.10. The van der Waals surface area contributed by atoms with Gasteiger partial charge in [0.05, 0.1) is 17.1 Å². The third-order valence-electron chi connectivity index (χ3n) is 3.00. The van der Waals surface area contributed by atoms with Crippen molar-refractivity contribution < 1.29 is 4.39 Å². The van der Waals surface area contributed by atoms with Gasteiger partial charge in [-0.3, -0.25) is 4.68 Å². The fraction of sp³-hybridized carbons (Fsp3) is 0.286. The number of thiocarbonyl (C=S) groups is 1. The van der Waals surface area contributed by atoms with Crippen molar-refractivity contribution in [1.29, 1.82) is 0 Å². The zero-order valence-electron chi connectivity index (χ0n) is 11.7. The van der Waals surface area contributed by atoms with Crippen molar-refractivity contribution in [3.63, 3.8) is 0 Å². The van der Waals surface area contributed by atoms with Crippen LogP contribution in [0.5, 0.6) is 0 Å². The second-order valence-corrected chi connectivity index (χ2v) is 4.86. The van der Waals surface area contributed by atoms with Gasteiger partial charge in [-0.15, -0.1) is 0 Å². The first kappa shape index (κ1) is 14.5. The molecule has 0 radical (unpaired) electrons. The lowest BCUT2D eigenvalue weighted by Crippen LogP contribution is -2.20. The Morgan fingerprint density at radius 1 is 1.35 bits per heavy atom. The molecule has 106 valence electrons. The van der Waals surface area contributed by atoms with E-state index in [0.717, 1.165) is 23.6 Å². The lowest BCUT2D eigenvalue weighted by Gasteiger charge is -2.11. The Labute approximate surface area is 123 Å². The molecule has 2 rings (SSSR count). The highest BCUT2D eigenvalue weighted by Gasteiger charge is 2.11. The predicted octanol–water partition coefficient (Wildman–Crippen LogP) is 3.47. The van der Waals surface area contributed by atoms with Gasteiger partial charge in [0.2, 0.25) is 0 Å². The van der Waals surface area contributed by atoms with E-state index < -0.39 is 0 Å². The van der Waals surface area contributed by atoms with Crippen LogP contribution in [0.25, 0.3) is 0 Å². The Hall–Kier alpha value is -1.95. The van der Waals surface area contributed by atoms with Gasteiger partial charge in [0, 0.05) is 12.2 Å². The van der Waals surface area contributed by atoms with E-state index in [9.17, 15) is 4.39 Å². The van der Waals surface area contributed by atoms with Crippen LogP contribution >= 0.6 is 12.2 Å². The summed E-state index contributed by atoms with van der Waals surface area (Å²) in [6.07, 6.45) is 0. The van der Waals surface area contributed by atoms with E-state index >= 15 is 0 Å². The number of hydrogen-bond acceptors (Lipinski definition) is 2. The Morgan fingerprint density at radius 3 is 2.70 bits per heavy atom. The summed E-state index contributed by atoms with van der Waals surface area (Å²) in [4.78, 5) is 0. The Kier molecular flexibility index (Phi) is 4.34. The minimum absolute atomic E-state index is 0.302. The monoisotopic (exact) mass is 292 g/mol. The number of halogens is 1. The normalized spacial score (nSPS) is 10.4. The number of hydrogen-bond donors (Lipinski definition) is 2. The van der Waals surface area contributed by atoms with Gasteiger partial charge >= 0.3 is 0 Å². The molecule has 0 atom stereocenters. The van der Waals surface area contributed by atoms with Crippen molar-refractivity contribution in [2.45, 2.75) is 27.3 Å². The summed E-state index contributed by atoms with van der Waals surface area (Å²) in [6.45, 7) is 6.74. The maximum Gasteiger partial charge on any atom is 0.175 e. The number of rotatable bonds is 3. The van der Waals surface area contributed by atoms with Crippen LogP contribution in [-0.2, 0) is 6.54 Å². The van der Waals surface area contributed by atoms with Crippen molar-refractivity contribution >= 4 is 28.7 Å². The molecule has 1 aromatic carbocycles. The minimum atomic E-state index is -0.302. The van der Waals surface area contributed by atoms with Gasteiger partial charge in [0.15, 0.2) is 5.11 Å². The van der Waals surface area contributed by atoms with Gasteiger partial charge in [-0.05, 0) is 51.2 Å². The fourth-order valence-corrected chi connectivity index (χ4v) is 2.25. The van der Waals surface area contributed by atoms with Crippen LogP contribution < -0.4 is 10.6 Å². The summed E-state index contributed by atoms with van der Waals surface area (Å²) in [7, 11) is 0. The van der Waals surface area contributed by atoms with E-state index in [0.29, 0.717) is 10.8 Å². The second-order valence-electron chi connectivity index (χ2n) is 4.45. The van der Waals surface area contributed by atoms with Crippen LogP contribution in [0.1, 0.15) is 18.3 Å². The molecule has 20 heavy (non-hydrogen) atoms. The van der Waals surface area contributed by atoms with Crippen molar-refractivity contribution in [1.82, 2.24) is 9.78 Å². The first-order chi connectivity index (χ1) is 9.51. The van der Waals surface area contributed by atoms with Gasteiger partial charge in [-0.25, -0.2) is 4.39 Å². The van der Waals surface area contributed by atoms with Crippen molar-refractivity contribution in [2.24, 2.45) is 0 Å². The molecule has 0 unspecified atom stereocenters. The molecule has 0 saturated heterocycles. The van der Waals surface area contributed by atoms with Gasteiger partial charge in [0.1, 0.15) is 5.82 Å². The van der Waals surface area contributed by atoms with E-state index in [1.165, 1.54) is 12.1 Å². The molecule has 6 heteroatoms. The molecule has 1 heterocycles. The third-order valence-corrected chi connectivity index (χ3v) is 3.21. The third kappa shape index (κ3) is 3.14. The highest BCUT2D eigenvalue weighted by atomic mass is 32.1. The molecule has 2 N–H and O–H groups in total. The first-order valence-corrected chi connectivity index (χ1v) is 6.79. The summed E-state index contributed by atoms with van der Waals surface area (Å²) >= 11 is 5.24. The molecule has 1 aromatic heterocycles. The summed E-state index contributed by atoms with van der Waals surface area (Å²) in [5.74, 6) is -0.302. The van der Waals surface area contributed by atoms with Gasteiger partial charge in [-0.2, -0.15) is 5.10 Å². The second kappa shape index (κ2) is 6.00. The number of benzene rings is 1. The van der Waals surface area contributed by atoms with E-state index in [1.54, 1.807) is 12.1 Å². The summed E-state index contributed by atoms with van der Waals surface area (Å²) in [6, 6.07) is 6.17. The lowest BCUT2D eigenvalue weighted by molar-refractivity contribution is 0.628. The first-order valence-electron chi connectivity index (χ1n) is 6.39. The zero-order chi connectivity index (χ0) is 14.7. The average Bonchev–Trinajstić information content (AvgIpc) is 2.66. The number of nitrogens with one attached hydrogen (secondary N) is 2. The quantitative estimate of drug-likeness (QED) is 0.850. The molecule has 0 aliphatic carbocycles. The maximum atomic E-state index is 13.1. The van der Waals surface area contributed by atoms with E-state index in [2.05, 4.69) is 15.7 Å². The largest absolute Gasteiger partial charge is 0.332 e. The van der Waals surface area contributed by atoms with Crippen LogP contribution in [0.4, 0.5) is 15.8 Å².